The molecule has 5 heteroatoms. The molecule has 0 radical (unpaired) electrons. The minimum atomic E-state index is -0.460. The Bertz CT molecular complexity index is 548. The first kappa shape index (κ1) is 19.2. The molecule has 0 unspecified atom stereocenters. The van der Waals surface area contributed by atoms with Gasteiger partial charge in [0.15, 0.2) is 0 Å². The SMILES string of the molecule is CC(C)(C)[C@H](N)C(=O)NCC1CCN(Cc2ccccc2Cl)CC1. The van der Waals surface area contributed by atoms with Gasteiger partial charge < -0.3 is 11.1 Å². The smallest absolute Gasteiger partial charge is 0.237 e. The molecule has 3 N–H and O–H groups in total. The number of benzene rings is 1. The summed E-state index contributed by atoms with van der Waals surface area (Å²) in [4.78, 5) is 14.5. The zero-order chi connectivity index (χ0) is 17.7. The van der Waals surface area contributed by atoms with Gasteiger partial charge in [-0.2, -0.15) is 0 Å². The lowest BCUT2D eigenvalue weighted by molar-refractivity contribution is -0.124. The number of rotatable bonds is 5. The first-order valence-corrected chi connectivity index (χ1v) is 9.14. The molecule has 1 saturated heterocycles. The van der Waals surface area contributed by atoms with Crippen molar-refractivity contribution in [2.75, 3.05) is 19.6 Å². The maximum Gasteiger partial charge on any atom is 0.237 e. The van der Waals surface area contributed by atoms with Crippen molar-refractivity contribution in [1.29, 1.82) is 0 Å². The van der Waals surface area contributed by atoms with Crippen molar-refractivity contribution in [3.05, 3.63) is 34.9 Å². The molecule has 1 heterocycles. The summed E-state index contributed by atoms with van der Waals surface area (Å²) < 4.78 is 0. The third-order valence-corrected chi connectivity index (χ3v) is 5.21. The van der Waals surface area contributed by atoms with E-state index in [1.54, 1.807) is 0 Å². The van der Waals surface area contributed by atoms with E-state index < -0.39 is 6.04 Å². The highest BCUT2D eigenvalue weighted by atomic mass is 35.5. The molecule has 1 aliphatic heterocycles. The Morgan fingerprint density at radius 2 is 1.96 bits per heavy atom. The van der Waals surface area contributed by atoms with Crippen LogP contribution in [0.1, 0.15) is 39.2 Å². The van der Waals surface area contributed by atoms with E-state index in [0.29, 0.717) is 5.92 Å². The van der Waals surface area contributed by atoms with Crippen LogP contribution in [0.4, 0.5) is 0 Å². The molecule has 0 saturated carbocycles. The summed E-state index contributed by atoms with van der Waals surface area (Å²) in [7, 11) is 0. The van der Waals surface area contributed by atoms with Crippen molar-refractivity contribution >= 4 is 17.5 Å². The Kier molecular flexibility index (Phi) is 6.67. The number of likely N-dealkylation sites (tertiary alicyclic amines) is 1. The van der Waals surface area contributed by atoms with Gasteiger partial charge in [-0.15, -0.1) is 0 Å². The summed E-state index contributed by atoms with van der Waals surface area (Å²) in [6, 6.07) is 7.56. The first-order chi connectivity index (χ1) is 11.3. The van der Waals surface area contributed by atoms with E-state index in [4.69, 9.17) is 17.3 Å². The second kappa shape index (κ2) is 8.32. The van der Waals surface area contributed by atoms with Gasteiger partial charge in [0, 0.05) is 18.1 Å². The number of halogens is 1. The van der Waals surface area contributed by atoms with Crippen LogP contribution in [0.3, 0.4) is 0 Å². The first-order valence-electron chi connectivity index (χ1n) is 8.76. The van der Waals surface area contributed by atoms with Gasteiger partial charge in [-0.3, -0.25) is 9.69 Å². The van der Waals surface area contributed by atoms with E-state index in [1.807, 2.05) is 39.0 Å². The van der Waals surface area contributed by atoms with Gasteiger partial charge in [0.05, 0.1) is 6.04 Å². The van der Waals surface area contributed by atoms with Gasteiger partial charge in [0.2, 0.25) is 5.91 Å². The average Bonchev–Trinajstić information content (AvgIpc) is 2.54. The van der Waals surface area contributed by atoms with Crippen LogP contribution in [0.2, 0.25) is 5.02 Å². The fraction of sp³-hybridized carbons (Fsp3) is 0.632. The highest BCUT2D eigenvalue weighted by molar-refractivity contribution is 6.31. The van der Waals surface area contributed by atoms with Gasteiger partial charge in [-0.05, 0) is 48.9 Å². The van der Waals surface area contributed by atoms with Crippen LogP contribution >= 0.6 is 11.6 Å². The molecule has 1 aromatic carbocycles. The average molecular weight is 352 g/mol. The van der Waals surface area contributed by atoms with Gasteiger partial charge in [-0.1, -0.05) is 50.6 Å². The largest absolute Gasteiger partial charge is 0.354 e. The standard InChI is InChI=1S/C19H30ClN3O/c1-19(2,3)17(21)18(24)22-12-14-8-10-23(11-9-14)13-15-6-4-5-7-16(15)20/h4-7,14,17H,8-13,21H2,1-3H3,(H,22,24)/t17-/m1/s1. The van der Waals surface area contributed by atoms with E-state index in [0.717, 1.165) is 44.0 Å². The van der Waals surface area contributed by atoms with Gasteiger partial charge >= 0.3 is 0 Å². The van der Waals surface area contributed by atoms with E-state index in [9.17, 15) is 4.79 Å². The van der Waals surface area contributed by atoms with Crippen LogP contribution in [0.25, 0.3) is 0 Å². The van der Waals surface area contributed by atoms with E-state index in [1.165, 1.54) is 5.56 Å². The highest BCUT2D eigenvalue weighted by Crippen LogP contribution is 2.22. The third kappa shape index (κ3) is 5.47. The Morgan fingerprint density at radius 3 is 2.54 bits per heavy atom. The summed E-state index contributed by atoms with van der Waals surface area (Å²) in [5, 5.41) is 3.86. The molecule has 0 aromatic heterocycles. The molecule has 0 bridgehead atoms. The van der Waals surface area contributed by atoms with Crippen LogP contribution in [-0.4, -0.2) is 36.5 Å². The monoisotopic (exact) mass is 351 g/mol. The molecule has 1 amide bonds. The van der Waals surface area contributed by atoms with Crippen molar-refractivity contribution in [2.24, 2.45) is 17.1 Å². The van der Waals surface area contributed by atoms with Crippen molar-refractivity contribution in [3.63, 3.8) is 0 Å². The summed E-state index contributed by atoms with van der Waals surface area (Å²) in [5.41, 5.74) is 6.98. The number of carbonyl (C=O) groups excluding carboxylic acids is 1. The van der Waals surface area contributed by atoms with Crippen LogP contribution in [0.15, 0.2) is 24.3 Å². The number of hydrogen-bond acceptors (Lipinski definition) is 3. The lowest BCUT2D eigenvalue weighted by atomic mass is 9.86. The quantitative estimate of drug-likeness (QED) is 0.857. The van der Waals surface area contributed by atoms with E-state index in [2.05, 4.69) is 16.3 Å². The molecule has 2 rings (SSSR count). The minimum Gasteiger partial charge on any atom is -0.354 e. The van der Waals surface area contributed by atoms with Crippen LogP contribution in [-0.2, 0) is 11.3 Å². The predicted molar refractivity (Wildman–Crippen MR) is 99.9 cm³/mol. The zero-order valence-electron chi connectivity index (χ0n) is 15.0. The van der Waals surface area contributed by atoms with Crippen LogP contribution in [0, 0.1) is 11.3 Å². The molecule has 1 aliphatic rings. The number of amides is 1. The third-order valence-electron chi connectivity index (χ3n) is 4.84. The number of hydrogen-bond donors (Lipinski definition) is 2. The number of nitrogens with zero attached hydrogens (tertiary/aromatic N) is 1. The second-order valence-electron chi connectivity index (χ2n) is 7.90. The van der Waals surface area contributed by atoms with Gasteiger partial charge in [-0.25, -0.2) is 0 Å². The van der Waals surface area contributed by atoms with Crippen LogP contribution < -0.4 is 11.1 Å². The molecule has 0 aliphatic carbocycles. The summed E-state index contributed by atoms with van der Waals surface area (Å²) in [5.74, 6) is 0.490. The number of nitrogens with two attached hydrogens (primary N) is 1. The fourth-order valence-electron chi connectivity index (χ4n) is 2.96. The summed E-state index contributed by atoms with van der Waals surface area (Å²) in [6.07, 6.45) is 2.19. The normalized spacial score (nSPS) is 18.4. The fourth-order valence-corrected chi connectivity index (χ4v) is 3.16. The molecule has 0 spiro atoms. The maximum atomic E-state index is 12.1. The molecular formula is C19H30ClN3O. The van der Waals surface area contributed by atoms with Crippen molar-refractivity contribution < 1.29 is 4.79 Å². The Morgan fingerprint density at radius 1 is 1.33 bits per heavy atom. The molecule has 4 nitrogen and oxygen atoms in total. The topological polar surface area (TPSA) is 58.4 Å². The maximum absolute atomic E-state index is 12.1. The predicted octanol–water partition coefficient (Wildman–Crippen LogP) is 3.04. The number of nitrogens with one attached hydrogen (secondary N) is 1. The summed E-state index contributed by atoms with van der Waals surface area (Å²) in [6.45, 7) is 9.67. The van der Waals surface area contributed by atoms with Gasteiger partial charge in [0.1, 0.15) is 0 Å². The van der Waals surface area contributed by atoms with Crippen molar-refractivity contribution in [3.8, 4) is 0 Å². The number of piperidine rings is 1. The molecular weight excluding hydrogens is 322 g/mol. The van der Waals surface area contributed by atoms with Crippen molar-refractivity contribution in [1.82, 2.24) is 10.2 Å². The zero-order valence-corrected chi connectivity index (χ0v) is 15.8. The molecule has 134 valence electrons. The lowest BCUT2D eigenvalue weighted by Gasteiger charge is -2.33. The lowest BCUT2D eigenvalue weighted by Crippen LogP contribution is -2.50. The van der Waals surface area contributed by atoms with E-state index >= 15 is 0 Å². The Hall–Kier alpha value is -1.10. The Labute approximate surface area is 150 Å². The Balaban J connectivity index is 1.73. The highest BCUT2D eigenvalue weighted by Gasteiger charge is 2.28. The minimum absolute atomic E-state index is 0.0407. The van der Waals surface area contributed by atoms with Gasteiger partial charge in [0.25, 0.3) is 0 Å². The second-order valence-corrected chi connectivity index (χ2v) is 8.31. The van der Waals surface area contributed by atoms with E-state index in [-0.39, 0.29) is 11.3 Å². The number of carbonyl (C=O) groups is 1. The van der Waals surface area contributed by atoms with Crippen molar-refractivity contribution in [2.45, 2.75) is 46.2 Å². The van der Waals surface area contributed by atoms with Crippen LogP contribution in [0.5, 0.6) is 0 Å². The summed E-state index contributed by atoms with van der Waals surface area (Å²) >= 11 is 6.24. The molecule has 1 fully saturated rings. The molecule has 24 heavy (non-hydrogen) atoms. The molecule has 1 aromatic rings. The molecule has 1 atom stereocenters.